The number of amides is 1. The minimum absolute atomic E-state index is 0.0437. The number of hydrogen-bond acceptors (Lipinski definition) is 4. The molecule has 0 aromatic heterocycles. The summed E-state index contributed by atoms with van der Waals surface area (Å²) in [4.78, 5) is 25.5. The Bertz CT molecular complexity index is 629. The minimum atomic E-state index is -0.874. The largest absolute Gasteiger partial charge is 0.497 e. The molecule has 1 heterocycles. The van der Waals surface area contributed by atoms with Gasteiger partial charge in [0.05, 0.1) is 32.1 Å². The van der Waals surface area contributed by atoms with Crippen molar-refractivity contribution >= 4 is 11.9 Å². The van der Waals surface area contributed by atoms with Crippen molar-refractivity contribution in [3.05, 3.63) is 23.8 Å². The maximum Gasteiger partial charge on any atom is 0.307 e. The highest BCUT2D eigenvalue weighted by molar-refractivity contribution is 5.90. The smallest absolute Gasteiger partial charge is 0.307 e. The molecule has 6 nitrogen and oxygen atoms in total. The van der Waals surface area contributed by atoms with Crippen molar-refractivity contribution < 1.29 is 24.2 Å². The second-order valence-corrected chi connectivity index (χ2v) is 6.08. The first-order chi connectivity index (χ1) is 11.1. The second-order valence-electron chi connectivity index (χ2n) is 6.08. The predicted octanol–water partition coefficient (Wildman–Crippen LogP) is 2.09. The fraction of sp³-hybridized carbons (Fsp3) is 0.529. The lowest BCUT2D eigenvalue weighted by molar-refractivity contribution is -0.142. The van der Waals surface area contributed by atoms with E-state index in [9.17, 15) is 9.59 Å². The van der Waals surface area contributed by atoms with Crippen LogP contribution in [0.3, 0.4) is 0 Å². The van der Waals surface area contributed by atoms with Gasteiger partial charge in [-0.25, -0.2) is 0 Å². The van der Waals surface area contributed by atoms with Crippen molar-refractivity contribution in [2.75, 3.05) is 20.8 Å². The van der Waals surface area contributed by atoms with E-state index in [1.807, 2.05) is 23.1 Å². The number of hydrogen-bond donors (Lipinski definition) is 1. The molecule has 23 heavy (non-hydrogen) atoms. The Hall–Kier alpha value is -2.24. The summed E-state index contributed by atoms with van der Waals surface area (Å²) in [5, 5.41) is 9.03. The molecule has 6 heteroatoms. The maximum atomic E-state index is 12.6. The molecule has 1 N–H and O–H groups in total. The van der Waals surface area contributed by atoms with E-state index in [1.54, 1.807) is 14.2 Å². The molecule has 2 fully saturated rings. The van der Waals surface area contributed by atoms with E-state index in [4.69, 9.17) is 14.6 Å². The summed E-state index contributed by atoms with van der Waals surface area (Å²) < 4.78 is 10.7. The van der Waals surface area contributed by atoms with Crippen molar-refractivity contribution in [2.24, 2.45) is 11.8 Å². The first kappa shape index (κ1) is 15.6. The number of rotatable bonds is 5. The molecule has 0 spiro atoms. The van der Waals surface area contributed by atoms with Crippen LogP contribution in [-0.4, -0.2) is 42.6 Å². The van der Waals surface area contributed by atoms with E-state index in [0.29, 0.717) is 24.5 Å². The lowest BCUT2D eigenvalue weighted by Gasteiger charge is -2.26. The van der Waals surface area contributed by atoms with E-state index < -0.39 is 11.9 Å². The number of carboxylic acid groups (broad SMARTS) is 1. The van der Waals surface area contributed by atoms with E-state index in [0.717, 1.165) is 18.4 Å². The number of carbonyl (C=O) groups is 2. The predicted molar refractivity (Wildman–Crippen MR) is 82.5 cm³/mol. The summed E-state index contributed by atoms with van der Waals surface area (Å²) in [5.41, 5.74) is 0.951. The molecule has 1 amide bonds. The van der Waals surface area contributed by atoms with Gasteiger partial charge in [0.15, 0.2) is 0 Å². The standard InChI is InChI=1S/C17H21NO5/c1-22-10-5-6-11(15(8-10)23-2)14-4-3-7-18(14)16(19)12-9-13(12)17(20)21/h5-6,8,12-14H,3-4,7,9H2,1-2H3,(H,20,21)/t12-,13-,14-/m0/s1. The zero-order chi connectivity index (χ0) is 16.6. The van der Waals surface area contributed by atoms with Crippen LogP contribution >= 0.6 is 0 Å². The van der Waals surface area contributed by atoms with Crippen LogP contribution in [-0.2, 0) is 9.59 Å². The average Bonchev–Trinajstić information content (AvgIpc) is 3.23. The highest BCUT2D eigenvalue weighted by atomic mass is 16.5. The maximum absolute atomic E-state index is 12.6. The molecule has 124 valence electrons. The summed E-state index contributed by atoms with van der Waals surface area (Å²) in [6.07, 6.45) is 2.23. The van der Waals surface area contributed by atoms with Gasteiger partial charge in [0.2, 0.25) is 5.91 Å². The van der Waals surface area contributed by atoms with Gasteiger partial charge in [-0.15, -0.1) is 0 Å². The molecule has 2 aliphatic rings. The Balaban J connectivity index is 1.82. The number of carbonyl (C=O) groups excluding carboxylic acids is 1. The lowest BCUT2D eigenvalue weighted by atomic mass is 10.0. The van der Waals surface area contributed by atoms with Crippen LogP contribution in [0.5, 0.6) is 11.5 Å². The molecule has 0 bridgehead atoms. The number of methoxy groups -OCH3 is 2. The lowest BCUT2D eigenvalue weighted by Crippen LogP contribution is -2.32. The topological polar surface area (TPSA) is 76.1 Å². The van der Waals surface area contributed by atoms with Crippen LogP contribution in [0.15, 0.2) is 18.2 Å². The molecular formula is C17H21NO5. The number of benzene rings is 1. The Morgan fingerprint density at radius 3 is 2.61 bits per heavy atom. The Morgan fingerprint density at radius 2 is 2.00 bits per heavy atom. The number of likely N-dealkylation sites (tertiary alicyclic amines) is 1. The molecule has 0 radical (unpaired) electrons. The van der Waals surface area contributed by atoms with Crippen LogP contribution in [0, 0.1) is 11.8 Å². The first-order valence-corrected chi connectivity index (χ1v) is 7.82. The zero-order valence-corrected chi connectivity index (χ0v) is 13.3. The van der Waals surface area contributed by atoms with Crippen molar-refractivity contribution in [1.82, 2.24) is 4.90 Å². The van der Waals surface area contributed by atoms with Crippen molar-refractivity contribution in [2.45, 2.75) is 25.3 Å². The van der Waals surface area contributed by atoms with Crippen LogP contribution in [0.4, 0.5) is 0 Å². The zero-order valence-electron chi connectivity index (χ0n) is 13.3. The molecule has 1 saturated heterocycles. The van der Waals surface area contributed by atoms with E-state index >= 15 is 0 Å². The van der Waals surface area contributed by atoms with E-state index in [1.165, 1.54) is 0 Å². The highest BCUT2D eigenvalue weighted by Gasteiger charge is 2.51. The molecule has 1 aromatic carbocycles. The molecule has 3 atom stereocenters. The number of ether oxygens (including phenoxy) is 2. The third kappa shape index (κ3) is 2.85. The van der Waals surface area contributed by atoms with Gasteiger partial charge in [0, 0.05) is 18.2 Å². The fourth-order valence-corrected chi connectivity index (χ4v) is 3.40. The van der Waals surface area contributed by atoms with Crippen LogP contribution in [0.2, 0.25) is 0 Å². The van der Waals surface area contributed by atoms with Crippen LogP contribution in [0.1, 0.15) is 30.9 Å². The van der Waals surface area contributed by atoms with Crippen molar-refractivity contribution in [1.29, 1.82) is 0 Å². The summed E-state index contributed by atoms with van der Waals surface area (Å²) in [7, 11) is 3.19. The molecule has 1 aliphatic heterocycles. The Labute approximate surface area is 135 Å². The number of aliphatic carboxylic acids is 1. The summed E-state index contributed by atoms with van der Waals surface area (Å²) in [5.74, 6) is -0.396. The third-order valence-electron chi connectivity index (χ3n) is 4.76. The second kappa shape index (κ2) is 6.10. The normalized spacial score (nSPS) is 26.0. The number of nitrogens with zero attached hydrogens (tertiary/aromatic N) is 1. The number of carboxylic acids is 1. The quantitative estimate of drug-likeness (QED) is 0.899. The van der Waals surface area contributed by atoms with Gasteiger partial charge in [-0.2, -0.15) is 0 Å². The van der Waals surface area contributed by atoms with Gasteiger partial charge in [-0.1, -0.05) is 0 Å². The molecule has 1 aliphatic carbocycles. The Morgan fingerprint density at radius 1 is 1.22 bits per heavy atom. The molecular weight excluding hydrogens is 298 g/mol. The average molecular weight is 319 g/mol. The van der Waals surface area contributed by atoms with Crippen LogP contribution < -0.4 is 9.47 Å². The molecule has 1 saturated carbocycles. The van der Waals surface area contributed by atoms with Gasteiger partial charge >= 0.3 is 5.97 Å². The highest BCUT2D eigenvalue weighted by Crippen LogP contribution is 2.45. The first-order valence-electron chi connectivity index (χ1n) is 7.82. The fourth-order valence-electron chi connectivity index (χ4n) is 3.40. The van der Waals surface area contributed by atoms with Gasteiger partial charge in [0.1, 0.15) is 11.5 Å². The SMILES string of the molecule is COc1ccc([C@@H]2CCCN2C(=O)[C@H]2C[C@@H]2C(=O)O)c(OC)c1. The third-order valence-corrected chi connectivity index (χ3v) is 4.76. The summed E-state index contributed by atoms with van der Waals surface area (Å²) in [6.45, 7) is 0.668. The molecule has 3 rings (SSSR count). The van der Waals surface area contributed by atoms with Gasteiger partial charge < -0.3 is 19.5 Å². The Kier molecular flexibility index (Phi) is 4.15. The van der Waals surface area contributed by atoms with Crippen LogP contribution in [0.25, 0.3) is 0 Å². The minimum Gasteiger partial charge on any atom is -0.497 e. The van der Waals surface area contributed by atoms with Gasteiger partial charge in [0.25, 0.3) is 0 Å². The monoisotopic (exact) mass is 319 g/mol. The van der Waals surface area contributed by atoms with E-state index in [-0.39, 0.29) is 17.9 Å². The molecule has 0 unspecified atom stereocenters. The van der Waals surface area contributed by atoms with Gasteiger partial charge in [-0.05, 0) is 31.4 Å². The van der Waals surface area contributed by atoms with E-state index in [2.05, 4.69) is 0 Å². The van der Waals surface area contributed by atoms with Crippen molar-refractivity contribution in [3.63, 3.8) is 0 Å². The summed E-state index contributed by atoms with van der Waals surface area (Å²) >= 11 is 0. The van der Waals surface area contributed by atoms with Gasteiger partial charge in [-0.3, -0.25) is 9.59 Å². The summed E-state index contributed by atoms with van der Waals surface area (Å²) in [6, 6.07) is 5.54. The molecule has 1 aromatic rings. The van der Waals surface area contributed by atoms with Crippen molar-refractivity contribution in [3.8, 4) is 11.5 Å².